The van der Waals surface area contributed by atoms with Crippen LogP contribution in [-0.2, 0) is 4.79 Å². The molecule has 1 fully saturated rings. The van der Waals surface area contributed by atoms with Crippen LogP contribution < -0.4 is 10.6 Å². The summed E-state index contributed by atoms with van der Waals surface area (Å²) in [6.07, 6.45) is 2.77. The molecule has 98 valence electrons. The Balaban J connectivity index is 2.10. The van der Waals surface area contributed by atoms with E-state index < -0.39 is 0 Å². The molecular weight excluding hydrogens is 228 g/mol. The first-order valence-corrected chi connectivity index (χ1v) is 6.47. The molecular formula is C14H20N2O2. The van der Waals surface area contributed by atoms with E-state index in [0.29, 0.717) is 5.69 Å². The number of phenols is 1. The van der Waals surface area contributed by atoms with Crippen molar-refractivity contribution >= 4 is 11.6 Å². The van der Waals surface area contributed by atoms with Gasteiger partial charge in [-0.1, -0.05) is 13.0 Å². The maximum Gasteiger partial charge on any atom is 0.231 e. The Labute approximate surface area is 107 Å². The van der Waals surface area contributed by atoms with Crippen LogP contribution in [0.4, 0.5) is 5.69 Å². The third kappa shape index (κ3) is 2.64. The van der Waals surface area contributed by atoms with E-state index in [9.17, 15) is 9.90 Å². The van der Waals surface area contributed by atoms with Gasteiger partial charge in [0, 0.05) is 18.3 Å². The van der Waals surface area contributed by atoms with Crippen LogP contribution in [0.2, 0.25) is 0 Å². The van der Waals surface area contributed by atoms with Crippen molar-refractivity contribution in [2.45, 2.75) is 26.2 Å². The lowest BCUT2D eigenvalue weighted by Gasteiger charge is -2.35. The highest BCUT2D eigenvalue weighted by Crippen LogP contribution is 2.31. The van der Waals surface area contributed by atoms with Crippen molar-refractivity contribution in [3.8, 4) is 5.75 Å². The van der Waals surface area contributed by atoms with Gasteiger partial charge in [0.15, 0.2) is 0 Å². The van der Waals surface area contributed by atoms with E-state index in [2.05, 4.69) is 17.6 Å². The smallest absolute Gasteiger partial charge is 0.231 e. The Kier molecular flexibility index (Phi) is 3.87. The first-order chi connectivity index (χ1) is 8.66. The molecule has 0 radical (unpaired) electrons. The number of rotatable bonds is 3. The van der Waals surface area contributed by atoms with E-state index >= 15 is 0 Å². The van der Waals surface area contributed by atoms with E-state index in [0.717, 1.165) is 32.4 Å². The summed E-state index contributed by atoms with van der Waals surface area (Å²) in [5.41, 5.74) is 0.336. The van der Waals surface area contributed by atoms with E-state index in [-0.39, 0.29) is 17.1 Å². The van der Waals surface area contributed by atoms with Crippen LogP contribution in [0.3, 0.4) is 0 Å². The predicted molar refractivity (Wildman–Crippen MR) is 71.6 cm³/mol. The molecule has 0 aromatic heterocycles. The van der Waals surface area contributed by atoms with Crippen molar-refractivity contribution in [1.82, 2.24) is 5.32 Å². The second-order valence-electron chi connectivity index (χ2n) is 4.92. The maximum absolute atomic E-state index is 12.4. The molecule has 1 aromatic carbocycles. The molecule has 4 heteroatoms. The van der Waals surface area contributed by atoms with Crippen molar-refractivity contribution in [3.63, 3.8) is 0 Å². The van der Waals surface area contributed by atoms with Gasteiger partial charge in [-0.15, -0.1) is 0 Å². The predicted octanol–water partition coefficient (Wildman–Crippen LogP) is 2.11. The standard InChI is InChI=1S/C14H20N2O2/c1-2-14(7-4-8-15-10-14)13(18)16-11-5-3-6-12(17)9-11/h3,5-6,9,15,17H,2,4,7-8,10H2,1H3,(H,16,18). The molecule has 0 aliphatic carbocycles. The third-order valence-corrected chi connectivity index (χ3v) is 3.73. The lowest BCUT2D eigenvalue weighted by molar-refractivity contribution is -0.126. The summed E-state index contributed by atoms with van der Waals surface area (Å²) in [5.74, 6) is 0.211. The minimum atomic E-state index is -0.316. The number of anilines is 1. The topological polar surface area (TPSA) is 61.4 Å². The highest BCUT2D eigenvalue weighted by Gasteiger charge is 2.37. The molecule has 1 heterocycles. The number of benzene rings is 1. The fourth-order valence-electron chi connectivity index (χ4n) is 2.47. The highest BCUT2D eigenvalue weighted by atomic mass is 16.3. The van der Waals surface area contributed by atoms with Crippen LogP contribution in [0.1, 0.15) is 26.2 Å². The Bertz CT molecular complexity index is 426. The maximum atomic E-state index is 12.4. The normalized spacial score (nSPS) is 23.6. The van der Waals surface area contributed by atoms with Crippen molar-refractivity contribution < 1.29 is 9.90 Å². The monoisotopic (exact) mass is 248 g/mol. The molecule has 1 saturated heterocycles. The number of aromatic hydroxyl groups is 1. The molecule has 0 saturated carbocycles. The van der Waals surface area contributed by atoms with E-state index in [1.54, 1.807) is 24.3 Å². The number of amides is 1. The Morgan fingerprint density at radius 1 is 1.56 bits per heavy atom. The summed E-state index contributed by atoms with van der Waals surface area (Å²) < 4.78 is 0. The largest absolute Gasteiger partial charge is 0.508 e. The average molecular weight is 248 g/mol. The zero-order chi connectivity index (χ0) is 13.0. The molecule has 1 aliphatic heterocycles. The van der Waals surface area contributed by atoms with Crippen LogP contribution in [-0.4, -0.2) is 24.1 Å². The zero-order valence-corrected chi connectivity index (χ0v) is 10.7. The summed E-state index contributed by atoms with van der Waals surface area (Å²) in [7, 11) is 0. The van der Waals surface area contributed by atoms with E-state index in [1.165, 1.54) is 0 Å². The Morgan fingerprint density at radius 3 is 3.00 bits per heavy atom. The van der Waals surface area contributed by atoms with Gasteiger partial charge in [-0.3, -0.25) is 4.79 Å². The van der Waals surface area contributed by atoms with Crippen LogP contribution in [0.5, 0.6) is 5.75 Å². The summed E-state index contributed by atoms with van der Waals surface area (Å²) in [5, 5.41) is 15.6. The Morgan fingerprint density at radius 2 is 2.39 bits per heavy atom. The van der Waals surface area contributed by atoms with E-state index in [1.807, 2.05) is 0 Å². The van der Waals surface area contributed by atoms with Gasteiger partial charge in [-0.2, -0.15) is 0 Å². The van der Waals surface area contributed by atoms with Crippen LogP contribution in [0.15, 0.2) is 24.3 Å². The molecule has 4 nitrogen and oxygen atoms in total. The lowest BCUT2D eigenvalue weighted by atomic mass is 9.77. The first kappa shape index (κ1) is 12.9. The minimum Gasteiger partial charge on any atom is -0.508 e. The lowest BCUT2D eigenvalue weighted by Crippen LogP contribution is -2.47. The highest BCUT2D eigenvalue weighted by molar-refractivity contribution is 5.95. The number of hydrogen-bond acceptors (Lipinski definition) is 3. The van der Waals surface area contributed by atoms with Crippen LogP contribution >= 0.6 is 0 Å². The fourth-order valence-corrected chi connectivity index (χ4v) is 2.47. The van der Waals surface area contributed by atoms with Gasteiger partial charge in [-0.25, -0.2) is 0 Å². The molecule has 1 amide bonds. The third-order valence-electron chi connectivity index (χ3n) is 3.73. The van der Waals surface area contributed by atoms with Gasteiger partial charge < -0.3 is 15.7 Å². The number of piperidine rings is 1. The van der Waals surface area contributed by atoms with Crippen LogP contribution in [0, 0.1) is 5.41 Å². The van der Waals surface area contributed by atoms with Gasteiger partial charge >= 0.3 is 0 Å². The van der Waals surface area contributed by atoms with Crippen molar-refractivity contribution in [3.05, 3.63) is 24.3 Å². The molecule has 18 heavy (non-hydrogen) atoms. The molecule has 0 bridgehead atoms. The average Bonchev–Trinajstić information content (AvgIpc) is 2.39. The summed E-state index contributed by atoms with van der Waals surface area (Å²) in [6.45, 7) is 3.77. The summed E-state index contributed by atoms with van der Waals surface area (Å²) in [4.78, 5) is 12.4. The zero-order valence-electron chi connectivity index (χ0n) is 10.7. The summed E-state index contributed by atoms with van der Waals surface area (Å²) >= 11 is 0. The number of carbonyl (C=O) groups is 1. The Hall–Kier alpha value is -1.55. The van der Waals surface area contributed by atoms with Crippen molar-refractivity contribution in [2.24, 2.45) is 5.41 Å². The molecule has 2 rings (SSSR count). The van der Waals surface area contributed by atoms with E-state index in [4.69, 9.17) is 0 Å². The fraction of sp³-hybridized carbons (Fsp3) is 0.500. The number of phenolic OH excluding ortho intramolecular Hbond substituents is 1. The van der Waals surface area contributed by atoms with Gasteiger partial charge in [-0.05, 0) is 37.9 Å². The van der Waals surface area contributed by atoms with Gasteiger partial charge in [0.05, 0.1) is 5.41 Å². The second-order valence-corrected chi connectivity index (χ2v) is 4.92. The van der Waals surface area contributed by atoms with Crippen molar-refractivity contribution in [1.29, 1.82) is 0 Å². The van der Waals surface area contributed by atoms with Gasteiger partial charge in [0.25, 0.3) is 0 Å². The number of hydrogen-bond donors (Lipinski definition) is 3. The second kappa shape index (κ2) is 5.40. The minimum absolute atomic E-state index is 0.0443. The van der Waals surface area contributed by atoms with Crippen LogP contribution in [0.25, 0.3) is 0 Å². The van der Waals surface area contributed by atoms with Gasteiger partial charge in [0.2, 0.25) is 5.91 Å². The SMILES string of the molecule is CCC1(C(=O)Nc2cccc(O)c2)CCCNC1. The van der Waals surface area contributed by atoms with Crippen molar-refractivity contribution in [2.75, 3.05) is 18.4 Å². The molecule has 1 aromatic rings. The molecule has 3 N–H and O–H groups in total. The number of nitrogens with one attached hydrogen (secondary N) is 2. The number of carbonyl (C=O) groups excluding carboxylic acids is 1. The molecule has 1 atom stereocenters. The molecule has 0 spiro atoms. The molecule has 1 unspecified atom stereocenters. The quantitative estimate of drug-likeness (QED) is 0.767. The summed E-state index contributed by atoms with van der Waals surface area (Å²) in [6, 6.07) is 6.67. The molecule has 1 aliphatic rings. The first-order valence-electron chi connectivity index (χ1n) is 6.47. The van der Waals surface area contributed by atoms with Gasteiger partial charge in [0.1, 0.15) is 5.75 Å².